The summed E-state index contributed by atoms with van der Waals surface area (Å²) in [5.74, 6) is -4.99. The van der Waals surface area contributed by atoms with Crippen LogP contribution in [0.3, 0.4) is 0 Å². The van der Waals surface area contributed by atoms with Crippen LogP contribution in [0.15, 0.2) is 12.1 Å². The molecule has 0 spiro atoms. The van der Waals surface area contributed by atoms with Gasteiger partial charge in [-0.25, -0.2) is 13.2 Å². The quantitative estimate of drug-likeness (QED) is 0.820. The Bertz CT molecular complexity index is 642. The summed E-state index contributed by atoms with van der Waals surface area (Å²) in [5, 5.41) is 2.42. The summed E-state index contributed by atoms with van der Waals surface area (Å²) in [6, 6.07) is 1.47. The molecule has 1 heterocycles. The molecule has 1 aliphatic carbocycles. The van der Waals surface area contributed by atoms with Gasteiger partial charge in [-0.15, -0.1) is 0 Å². The lowest BCUT2D eigenvalue weighted by atomic mass is 9.46. The van der Waals surface area contributed by atoms with Gasteiger partial charge < -0.3 is 15.8 Å². The van der Waals surface area contributed by atoms with Crippen LogP contribution in [0.2, 0.25) is 0 Å². The molecule has 3 atom stereocenters. The Morgan fingerprint density at radius 1 is 1.30 bits per heavy atom. The van der Waals surface area contributed by atoms with Crippen molar-refractivity contribution >= 4 is 11.6 Å². The number of rotatable bonds is 2. The summed E-state index contributed by atoms with van der Waals surface area (Å²) in [4.78, 5) is 12.7. The van der Waals surface area contributed by atoms with Gasteiger partial charge in [-0.3, -0.25) is 4.79 Å². The van der Waals surface area contributed by atoms with E-state index in [4.69, 9.17) is 10.5 Å². The largest absolute Gasteiger partial charge is 0.377 e. The Labute approximate surface area is 132 Å². The molecule has 1 aliphatic heterocycles. The van der Waals surface area contributed by atoms with E-state index in [-0.39, 0.29) is 17.7 Å². The highest BCUT2D eigenvalue weighted by atomic mass is 19.2. The fourth-order valence-corrected chi connectivity index (χ4v) is 3.90. The lowest BCUT2D eigenvalue weighted by Gasteiger charge is -2.65. The summed E-state index contributed by atoms with van der Waals surface area (Å²) in [5.41, 5.74) is 4.40. The Kier molecular flexibility index (Phi) is 3.68. The van der Waals surface area contributed by atoms with E-state index in [0.717, 1.165) is 25.0 Å². The average Bonchev–Trinajstić information content (AvgIpc) is 2.51. The smallest absolute Gasteiger partial charge is 0.245 e. The van der Waals surface area contributed by atoms with Gasteiger partial charge in [0.2, 0.25) is 5.91 Å². The lowest BCUT2D eigenvalue weighted by molar-refractivity contribution is -0.222. The van der Waals surface area contributed by atoms with E-state index in [2.05, 4.69) is 5.32 Å². The van der Waals surface area contributed by atoms with Crippen LogP contribution in [0, 0.1) is 28.8 Å². The van der Waals surface area contributed by atoms with Crippen molar-refractivity contribution in [1.82, 2.24) is 0 Å². The topological polar surface area (TPSA) is 64.3 Å². The molecule has 0 bridgehead atoms. The monoisotopic (exact) mass is 328 g/mol. The Morgan fingerprint density at radius 2 is 1.91 bits per heavy atom. The van der Waals surface area contributed by atoms with Gasteiger partial charge in [0, 0.05) is 35.8 Å². The first-order valence-electron chi connectivity index (χ1n) is 7.56. The van der Waals surface area contributed by atoms with Crippen LogP contribution < -0.4 is 11.1 Å². The van der Waals surface area contributed by atoms with Crippen molar-refractivity contribution < 1.29 is 22.7 Å². The minimum absolute atomic E-state index is 0.117. The van der Waals surface area contributed by atoms with Gasteiger partial charge in [0.05, 0.1) is 6.10 Å². The lowest BCUT2D eigenvalue weighted by Crippen LogP contribution is -2.81. The first kappa shape index (κ1) is 16.3. The molecule has 0 radical (unpaired) electrons. The van der Waals surface area contributed by atoms with Crippen LogP contribution in [0.4, 0.5) is 18.9 Å². The predicted octanol–water partition coefficient (Wildman–Crippen LogP) is 2.57. The highest BCUT2D eigenvalue weighted by Crippen LogP contribution is 2.57. The molecule has 0 aromatic heterocycles. The van der Waals surface area contributed by atoms with Crippen LogP contribution >= 0.6 is 0 Å². The summed E-state index contributed by atoms with van der Waals surface area (Å²) in [7, 11) is 0. The average molecular weight is 328 g/mol. The third kappa shape index (κ3) is 2.17. The molecule has 3 rings (SSSR count). The number of anilines is 1. The minimum Gasteiger partial charge on any atom is -0.377 e. The standard InChI is InChI=1S/C16H19F3N2O2/c1-15(2)13-9(4-3-5-23-13)16(15,20)14(22)21-8-6-10(17)12(19)11(18)7-8/h6-7,9,13H,3-5,20H2,1-2H3,(H,21,22). The van der Waals surface area contributed by atoms with Crippen LogP contribution in [0.1, 0.15) is 26.7 Å². The number of halogens is 3. The van der Waals surface area contributed by atoms with Crippen LogP contribution in [-0.2, 0) is 9.53 Å². The van der Waals surface area contributed by atoms with Gasteiger partial charge >= 0.3 is 0 Å². The molecule has 1 aromatic rings. The number of nitrogens with one attached hydrogen (secondary N) is 1. The number of hydrogen-bond donors (Lipinski definition) is 2. The molecule has 2 aliphatic rings. The van der Waals surface area contributed by atoms with Crippen molar-refractivity contribution in [2.75, 3.05) is 11.9 Å². The summed E-state index contributed by atoms with van der Waals surface area (Å²) >= 11 is 0. The van der Waals surface area contributed by atoms with Gasteiger partial charge in [0.25, 0.3) is 0 Å². The first-order valence-corrected chi connectivity index (χ1v) is 7.56. The van der Waals surface area contributed by atoms with Crippen molar-refractivity contribution in [3.63, 3.8) is 0 Å². The summed E-state index contributed by atoms with van der Waals surface area (Å²) < 4.78 is 45.3. The maximum atomic E-state index is 13.3. The minimum atomic E-state index is -1.57. The van der Waals surface area contributed by atoms with E-state index in [1.807, 2.05) is 13.8 Å². The third-order valence-electron chi connectivity index (χ3n) is 5.30. The van der Waals surface area contributed by atoms with E-state index in [0.29, 0.717) is 6.61 Å². The van der Waals surface area contributed by atoms with Gasteiger partial charge in [-0.05, 0) is 12.8 Å². The number of hydrogen-bond acceptors (Lipinski definition) is 3. The molecule has 23 heavy (non-hydrogen) atoms. The van der Waals surface area contributed by atoms with Crippen LogP contribution in [0.5, 0.6) is 0 Å². The molecule has 4 nitrogen and oxygen atoms in total. The predicted molar refractivity (Wildman–Crippen MR) is 78.1 cm³/mol. The molecule has 1 saturated heterocycles. The van der Waals surface area contributed by atoms with E-state index < -0.39 is 34.3 Å². The number of carbonyl (C=O) groups excluding carboxylic acids is 1. The van der Waals surface area contributed by atoms with E-state index in [9.17, 15) is 18.0 Å². The molecular weight excluding hydrogens is 309 g/mol. The van der Waals surface area contributed by atoms with Crippen LogP contribution in [-0.4, -0.2) is 24.2 Å². The maximum Gasteiger partial charge on any atom is 0.245 e. The number of benzene rings is 1. The van der Waals surface area contributed by atoms with E-state index in [1.54, 1.807) is 0 Å². The second kappa shape index (κ2) is 5.21. The molecule has 2 fully saturated rings. The Hall–Kier alpha value is -1.60. The third-order valence-corrected chi connectivity index (χ3v) is 5.30. The second-order valence-corrected chi connectivity index (χ2v) is 6.84. The fourth-order valence-electron chi connectivity index (χ4n) is 3.90. The van der Waals surface area contributed by atoms with Gasteiger partial charge in [-0.1, -0.05) is 13.8 Å². The zero-order chi connectivity index (χ0) is 17.0. The van der Waals surface area contributed by atoms with Gasteiger partial charge in [0.15, 0.2) is 17.5 Å². The molecule has 1 amide bonds. The second-order valence-electron chi connectivity index (χ2n) is 6.84. The number of carbonyl (C=O) groups is 1. The molecule has 7 heteroatoms. The number of amides is 1. The number of ether oxygens (including phenoxy) is 1. The molecule has 1 saturated carbocycles. The van der Waals surface area contributed by atoms with Crippen molar-refractivity contribution in [2.45, 2.75) is 38.3 Å². The van der Waals surface area contributed by atoms with Gasteiger partial charge in [0.1, 0.15) is 5.54 Å². The van der Waals surface area contributed by atoms with Crippen molar-refractivity contribution in [3.05, 3.63) is 29.6 Å². The number of fused-ring (bicyclic) bond motifs is 1. The van der Waals surface area contributed by atoms with Crippen molar-refractivity contribution in [3.8, 4) is 0 Å². The molecule has 3 N–H and O–H groups in total. The van der Waals surface area contributed by atoms with Crippen molar-refractivity contribution in [2.24, 2.45) is 17.1 Å². The van der Waals surface area contributed by atoms with Crippen molar-refractivity contribution in [1.29, 1.82) is 0 Å². The summed E-state index contributed by atoms with van der Waals surface area (Å²) in [6.07, 6.45) is 1.45. The maximum absolute atomic E-state index is 13.3. The normalized spacial score (nSPS) is 31.9. The highest BCUT2D eigenvalue weighted by molar-refractivity contribution is 6.00. The first-order chi connectivity index (χ1) is 10.7. The molecular formula is C16H19F3N2O2. The zero-order valence-electron chi connectivity index (χ0n) is 13.0. The highest BCUT2D eigenvalue weighted by Gasteiger charge is 2.70. The molecule has 1 aromatic carbocycles. The Morgan fingerprint density at radius 3 is 2.52 bits per heavy atom. The Balaban J connectivity index is 1.85. The SMILES string of the molecule is CC1(C)C2OCCCC2C1(N)C(=O)Nc1cc(F)c(F)c(F)c1. The van der Waals surface area contributed by atoms with Gasteiger partial charge in [-0.2, -0.15) is 0 Å². The molecule has 126 valence electrons. The number of nitrogens with two attached hydrogens (primary N) is 1. The zero-order valence-corrected chi connectivity index (χ0v) is 13.0. The van der Waals surface area contributed by atoms with E-state index in [1.165, 1.54) is 0 Å². The van der Waals surface area contributed by atoms with Crippen LogP contribution in [0.25, 0.3) is 0 Å². The summed E-state index contributed by atoms with van der Waals surface area (Å²) in [6.45, 7) is 4.31. The van der Waals surface area contributed by atoms with E-state index >= 15 is 0 Å². The fraction of sp³-hybridized carbons (Fsp3) is 0.562. The molecule has 3 unspecified atom stereocenters.